The molecule has 1 aliphatic heterocycles. The molecule has 2 aromatic carbocycles. The molecule has 1 amide bonds. The van der Waals surface area contributed by atoms with Crippen molar-refractivity contribution in [1.29, 1.82) is 5.41 Å². The van der Waals surface area contributed by atoms with Crippen molar-refractivity contribution in [2.24, 2.45) is 0 Å². The third kappa shape index (κ3) is 4.79. The number of aromatic nitrogens is 1. The summed E-state index contributed by atoms with van der Waals surface area (Å²) < 4.78 is 6.07. The standard InChI is InChI=1S/C27H31N5O2/c1-16-12-19(6-8-22(16)27(33)31-26-15-32(5)18(26)3)24-13-21(10-11-30-24)34-20-7-9-23(17(2)28)25(14-20)29-4/h6-14,18,26,28-29H,15H2,1-5H3,(H,31,33)/t18-,26-/m0/s1. The first kappa shape index (κ1) is 23.4. The number of aryl methyl sites for hydroxylation is 1. The lowest BCUT2D eigenvalue weighted by atomic mass is 9.97. The molecule has 1 aromatic heterocycles. The van der Waals surface area contributed by atoms with Crippen molar-refractivity contribution in [1.82, 2.24) is 15.2 Å². The lowest BCUT2D eigenvalue weighted by molar-refractivity contribution is 0.0662. The van der Waals surface area contributed by atoms with Crippen LogP contribution in [-0.4, -0.2) is 54.2 Å². The van der Waals surface area contributed by atoms with E-state index in [1.165, 1.54) is 0 Å². The highest BCUT2D eigenvalue weighted by Gasteiger charge is 2.33. The second-order valence-electron chi connectivity index (χ2n) is 8.85. The number of benzene rings is 2. The number of pyridine rings is 1. The number of carbonyl (C=O) groups excluding carboxylic acids is 1. The van der Waals surface area contributed by atoms with Crippen molar-refractivity contribution in [3.8, 4) is 22.8 Å². The van der Waals surface area contributed by atoms with Gasteiger partial charge in [-0.2, -0.15) is 0 Å². The number of hydrogen-bond acceptors (Lipinski definition) is 6. The molecular formula is C27H31N5O2. The predicted octanol–water partition coefficient (Wildman–Crippen LogP) is 4.71. The molecule has 0 radical (unpaired) electrons. The quantitative estimate of drug-likeness (QED) is 0.447. The zero-order valence-corrected chi connectivity index (χ0v) is 20.3. The van der Waals surface area contributed by atoms with Gasteiger partial charge in [-0.1, -0.05) is 6.07 Å². The number of carbonyl (C=O) groups is 1. The fourth-order valence-electron chi connectivity index (χ4n) is 4.18. The molecule has 176 valence electrons. The van der Waals surface area contributed by atoms with Gasteiger partial charge in [0.25, 0.3) is 5.91 Å². The van der Waals surface area contributed by atoms with Crippen LogP contribution >= 0.6 is 0 Å². The van der Waals surface area contributed by atoms with Crippen molar-refractivity contribution in [2.75, 3.05) is 26.0 Å². The average Bonchev–Trinajstić information content (AvgIpc) is 2.83. The monoisotopic (exact) mass is 457 g/mol. The Morgan fingerprint density at radius 1 is 1.12 bits per heavy atom. The molecular weight excluding hydrogens is 426 g/mol. The Balaban J connectivity index is 1.51. The normalized spacial score (nSPS) is 17.6. The average molecular weight is 458 g/mol. The van der Waals surface area contributed by atoms with Gasteiger partial charge >= 0.3 is 0 Å². The highest BCUT2D eigenvalue weighted by molar-refractivity contribution is 6.01. The summed E-state index contributed by atoms with van der Waals surface area (Å²) in [5, 5.41) is 14.2. The van der Waals surface area contributed by atoms with Crippen molar-refractivity contribution in [3.63, 3.8) is 0 Å². The van der Waals surface area contributed by atoms with Gasteiger partial charge in [0.2, 0.25) is 0 Å². The van der Waals surface area contributed by atoms with Crippen LogP contribution in [0.2, 0.25) is 0 Å². The minimum Gasteiger partial charge on any atom is -0.457 e. The van der Waals surface area contributed by atoms with Crippen LogP contribution < -0.4 is 15.4 Å². The summed E-state index contributed by atoms with van der Waals surface area (Å²) in [6.07, 6.45) is 1.71. The topological polar surface area (TPSA) is 90.3 Å². The Labute approximate surface area is 200 Å². The molecule has 1 aliphatic rings. The number of amides is 1. The van der Waals surface area contributed by atoms with Gasteiger partial charge in [0.05, 0.1) is 11.7 Å². The fraction of sp³-hybridized carbons (Fsp3) is 0.296. The van der Waals surface area contributed by atoms with Crippen LogP contribution in [-0.2, 0) is 0 Å². The third-order valence-corrected chi connectivity index (χ3v) is 6.48. The molecule has 7 nitrogen and oxygen atoms in total. The number of rotatable bonds is 7. The van der Waals surface area contributed by atoms with Gasteiger partial charge in [-0.25, -0.2) is 0 Å². The lowest BCUT2D eigenvalue weighted by Crippen LogP contribution is -2.63. The van der Waals surface area contributed by atoms with E-state index in [0.29, 0.717) is 28.8 Å². The molecule has 0 bridgehead atoms. The molecule has 4 rings (SSSR count). The number of anilines is 1. The minimum atomic E-state index is -0.0389. The van der Waals surface area contributed by atoms with Crippen molar-refractivity contribution in [2.45, 2.75) is 32.9 Å². The van der Waals surface area contributed by atoms with Gasteiger partial charge in [-0.15, -0.1) is 0 Å². The zero-order chi connectivity index (χ0) is 24.4. The number of likely N-dealkylation sites (tertiary alicyclic amines) is 1. The molecule has 3 N–H and O–H groups in total. The van der Waals surface area contributed by atoms with E-state index in [0.717, 1.165) is 34.6 Å². The van der Waals surface area contributed by atoms with E-state index in [1.807, 2.05) is 62.5 Å². The van der Waals surface area contributed by atoms with E-state index in [4.69, 9.17) is 10.1 Å². The molecule has 1 fully saturated rings. The molecule has 0 spiro atoms. The van der Waals surface area contributed by atoms with E-state index >= 15 is 0 Å². The Morgan fingerprint density at radius 2 is 1.85 bits per heavy atom. The maximum Gasteiger partial charge on any atom is 0.251 e. The van der Waals surface area contributed by atoms with Crippen LogP contribution in [0, 0.1) is 12.3 Å². The summed E-state index contributed by atoms with van der Waals surface area (Å²) in [4.78, 5) is 19.5. The number of likely N-dealkylation sites (N-methyl/N-ethyl adjacent to an activating group) is 1. The second kappa shape index (κ2) is 9.65. The van der Waals surface area contributed by atoms with Gasteiger partial charge < -0.3 is 20.8 Å². The van der Waals surface area contributed by atoms with Crippen LogP contribution in [0.25, 0.3) is 11.3 Å². The number of nitrogens with one attached hydrogen (secondary N) is 3. The molecule has 2 heterocycles. The highest BCUT2D eigenvalue weighted by atomic mass is 16.5. The fourth-order valence-corrected chi connectivity index (χ4v) is 4.18. The van der Waals surface area contributed by atoms with Crippen LogP contribution in [0.15, 0.2) is 54.7 Å². The van der Waals surface area contributed by atoms with Crippen molar-refractivity contribution >= 4 is 17.3 Å². The van der Waals surface area contributed by atoms with Crippen LogP contribution in [0.1, 0.15) is 35.3 Å². The number of nitrogens with zero attached hydrogens (tertiary/aromatic N) is 2. The molecule has 2 atom stereocenters. The van der Waals surface area contributed by atoms with E-state index in [1.54, 1.807) is 13.1 Å². The molecule has 0 saturated carbocycles. The maximum atomic E-state index is 12.8. The van der Waals surface area contributed by atoms with E-state index in [2.05, 4.69) is 34.5 Å². The molecule has 0 aliphatic carbocycles. The molecule has 0 unspecified atom stereocenters. The second-order valence-corrected chi connectivity index (χ2v) is 8.85. The molecule has 3 aromatic rings. The van der Waals surface area contributed by atoms with Crippen molar-refractivity contribution in [3.05, 3.63) is 71.4 Å². The molecule has 7 heteroatoms. The van der Waals surface area contributed by atoms with Crippen LogP contribution in [0.4, 0.5) is 5.69 Å². The van der Waals surface area contributed by atoms with Gasteiger partial charge in [0.1, 0.15) is 11.5 Å². The van der Waals surface area contributed by atoms with E-state index < -0.39 is 0 Å². The summed E-state index contributed by atoms with van der Waals surface area (Å²) in [6, 6.07) is 15.6. The summed E-state index contributed by atoms with van der Waals surface area (Å²) >= 11 is 0. The van der Waals surface area contributed by atoms with Gasteiger partial charge in [0.15, 0.2) is 0 Å². The number of ether oxygens (including phenoxy) is 1. The van der Waals surface area contributed by atoms with Crippen LogP contribution in [0.5, 0.6) is 11.5 Å². The third-order valence-electron chi connectivity index (χ3n) is 6.48. The van der Waals surface area contributed by atoms with Gasteiger partial charge in [-0.05, 0) is 63.7 Å². The Bertz CT molecular complexity index is 1240. The van der Waals surface area contributed by atoms with E-state index in [9.17, 15) is 4.79 Å². The first-order valence-electron chi connectivity index (χ1n) is 11.4. The van der Waals surface area contributed by atoms with E-state index in [-0.39, 0.29) is 11.9 Å². The SMILES string of the molecule is CNc1cc(Oc2ccnc(-c3ccc(C(=O)N[C@H]4CN(C)[C@H]4C)c(C)c3)c2)ccc1C(C)=N. The van der Waals surface area contributed by atoms with Crippen LogP contribution in [0.3, 0.4) is 0 Å². The first-order valence-corrected chi connectivity index (χ1v) is 11.4. The Kier molecular flexibility index (Phi) is 6.65. The molecule has 34 heavy (non-hydrogen) atoms. The lowest BCUT2D eigenvalue weighted by Gasteiger charge is -2.44. The smallest absolute Gasteiger partial charge is 0.251 e. The predicted molar refractivity (Wildman–Crippen MR) is 136 cm³/mol. The Hall–Kier alpha value is -3.71. The summed E-state index contributed by atoms with van der Waals surface area (Å²) in [6.45, 7) is 6.70. The zero-order valence-electron chi connectivity index (χ0n) is 20.3. The molecule has 1 saturated heterocycles. The summed E-state index contributed by atoms with van der Waals surface area (Å²) in [5.41, 5.74) is 5.43. The number of hydrogen-bond donors (Lipinski definition) is 3. The highest BCUT2D eigenvalue weighted by Crippen LogP contribution is 2.30. The summed E-state index contributed by atoms with van der Waals surface area (Å²) in [7, 11) is 3.89. The van der Waals surface area contributed by atoms with Gasteiger partial charge in [-0.3, -0.25) is 14.7 Å². The van der Waals surface area contributed by atoms with Crippen molar-refractivity contribution < 1.29 is 9.53 Å². The minimum absolute atomic E-state index is 0.0389. The van der Waals surface area contributed by atoms with Gasteiger partial charge in [0, 0.05) is 66.1 Å². The Morgan fingerprint density at radius 3 is 2.50 bits per heavy atom. The summed E-state index contributed by atoms with van der Waals surface area (Å²) in [5.74, 6) is 1.29. The largest absolute Gasteiger partial charge is 0.457 e. The first-order chi connectivity index (χ1) is 16.3. The maximum absolute atomic E-state index is 12.8.